The topological polar surface area (TPSA) is 102 Å². The van der Waals surface area contributed by atoms with Crippen LogP contribution in [0.5, 0.6) is 0 Å². The van der Waals surface area contributed by atoms with Gasteiger partial charge in [0.2, 0.25) is 0 Å². The van der Waals surface area contributed by atoms with E-state index < -0.39 is 11.9 Å². The molecule has 1 N–H and O–H groups in total. The minimum Gasteiger partial charge on any atom is -0.478 e. The number of rotatable bonds is 6. The summed E-state index contributed by atoms with van der Waals surface area (Å²) in [4.78, 5) is 34.0. The molecule has 138 valence electrons. The van der Waals surface area contributed by atoms with Crippen LogP contribution in [-0.4, -0.2) is 61.4 Å². The number of allylic oxidation sites excluding steroid dienone is 2. The predicted octanol–water partition coefficient (Wildman–Crippen LogP) is 1.24. The number of hydrogen-bond donors (Lipinski definition) is 1. The number of carboxylic acids is 1. The molecular weight excluding hydrogens is 330 g/mol. The Bertz CT molecular complexity index is 553. The molecule has 0 spiro atoms. The number of carboxylic acid groups (broad SMARTS) is 1. The van der Waals surface area contributed by atoms with Crippen molar-refractivity contribution in [1.82, 2.24) is 4.90 Å². The Balaban J connectivity index is 0.000000970. The molecule has 2 aliphatic rings. The van der Waals surface area contributed by atoms with Gasteiger partial charge in [0.15, 0.2) is 0 Å². The molecule has 8 nitrogen and oxygen atoms in total. The molecule has 0 saturated carbocycles. The van der Waals surface area contributed by atoms with E-state index in [0.29, 0.717) is 31.1 Å². The van der Waals surface area contributed by atoms with Gasteiger partial charge in [-0.15, -0.1) is 0 Å². The van der Waals surface area contributed by atoms with E-state index in [4.69, 9.17) is 14.6 Å². The van der Waals surface area contributed by atoms with Gasteiger partial charge >= 0.3 is 11.9 Å². The minimum atomic E-state index is -0.945. The summed E-state index contributed by atoms with van der Waals surface area (Å²) in [5.74, 6) is -1.54. The van der Waals surface area contributed by atoms with Crippen molar-refractivity contribution < 1.29 is 33.7 Å². The van der Waals surface area contributed by atoms with Crippen LogP contribution in [0, 0.1) is 0 Å². The zero-order valence-corrected chi connectivity index (χ0v) is 14.3. The monoisotopic (exact) mass is 353 g/mol. The highest BCUT2D eigenvalue weighted by Gasteiger charge is 2.30. The summed E-state index contributed by atoms with van der Waals surface area (Å²) in [5.41, 5.74) is 0.306. The number of nitrogens with zero attached hydrogens (tertiary/aromatic N) is 1. The molecule has 0 aromatic carbocycles. The predicted molar refractivity (Wildman–Crippen MR) is 88.3 cm³/mol. The first-order valence-electron chi connectivity index (χ1n) is 7.74. The van der Waals surface area contributed by atoms with Gasteiger partial charge in [0.25, 0.3) is 0 Å². The number of hydrogen-bond acceptors (Lipinski definition) is 7. The Morgan fingerprint density at radius 3 is 2.76 bits per heavy atom. The maximum atomic E-state index is 11.2. The summed E-state index contributed by atoms with van der Waals surface area (Å²) in [5, 5.41) is 9.01. The smallest absolute Gasteiger partial charge is 0.333 e. The fourth-order valence-electron chi connectivity index (χ4n) is 2.27. The minimum absolute atomic E-state index is 0.103. The molecule has 2 unspecified atom stereocenters. The van der Waals surface area contributed by atoms with Crippen molar-refractivity contribution in [2.75, 3.05) is 20.8 Å². The second kappa shape index (κ2) is 11.2. The maximum Gasteiger partial charge on any atom is 0.333 e. The van der Waals surface area contributed by atoms with Gasteiger partial charge in [-0.05, 0) is 18.9 Å². The van der Waals surface area contributed by atoms with Crippen LogP contribution < -0.4 is 0 Å². The average molecular weight is 353 g/mol. The van der Waals surface area contributed by atoms with Gasteiger partial charge in [-0.2, -0.15) is 0 Å². The second-order valence-electron chi connectivity index (χ2n) is 5.32. The van der Waals surface area contributed by atoms with E-state index in [-0.39, 0.29) is 18.9 Å². The molecule has 0 amide bonds. The largest absolute Gasteiger partial charge is 0.478 e. The van der Waals surface area contributed by atoms with E-state index in [1.165, 1.54) is 0 Å². The number of carbonyl (C=O) groups excluding carboxylic acids is 2. The molecule has 1 saturated heterocycles. The van der Waals surface area contributed by atoms with Crippen LogP contribution in [0.4, 0.5) is 0 Å². The zero-order valence-electron chi connectivity index (χ0n) is 14.3. The quantitative estimate of drug-likeness (QED) is 0.432. The molecule has 2 rings (SSSR count). The zero-order chi connectivity index (χ0) is 18.7. The number of ether oxygens (including phenoxy) is 3. The molecular formula is C17H23NO7. The lowest BCUT2D eigenvalue weighted by atomic mass is 10.1. The average Bonchev–Trinajstić information content (AvgIpc) is 3.08. The molecule has 8 heteroatoms. The lowest BCUT2D eigenvalue weighted by Crippen LogP contribution is -2.30. The Labute approximate surface area is 146 Å². The number of methoxy groups -OCH3 is 1. The first-order chi connectivity index (χ1) is 12.0. The SMILES string of the molecule is COC.O=C/C=C/C(=O)OCC1CCC(N2C=CCC(C(=O)O)=C2)O1. The Kier molecular flexibility index (Phi) is 9.20. The highest BCUT2D eigenvalue weighted by Crippen LogP contribution is 2.26. The fourth-order valence-corrected chi connectivity index (χ4v) is 2.27. The molecule has 0 radical (unpaired) electrons. The van der Waals surface area contributed by atoms with E-state index in [1.807, 2.05) is 0 Å². The van der Waals surface area contributed by atoms with Crippen molar-refractivity contribution in [2.45, 2.75) is 31.6 Å². The molecule has 0 aliphatic carbocycles. The standard InChI is InChI=1S/C15H17NO6.C2H6O/c17-8-2-4-14(18)21-10-12-5-6-13(22-12)16-7-1-3-11(9-16)15(19)20;1-3-2/h1-2,4,7-9,12-13H,3,5-6,10H2,(H,19,20);1-2H3/b4-2+;. The Hall–Kier alpha value is -2.45. The van der Waals surface area contributed by atoms with Gasteiger partial charge in [-0.3, -0.25) is 4.79 Å². The third-order valence-electron chi connectivity index (χ3n) is 3.33. The van der Waals surface area contributed by atoms with Crippen LogP contribution in [0.15, 0.2) is 36.2 Å². The first-order valence-corrected chi connectivity index (χ1v) is 7.74. The van der Waals surface area contributed by atoms with Crippen LogP contribution >= 0.6 is 0 Å². The van der Waals surface area contributed by atoms with Crippen LogP contribution in [-0.2, 0) is 28.6 Å². The summed E-state index contributed by atoms with van der Waals surface area (Å²) >= 11 is 0. The molecule has 25 heavy (non-hydrogen) atoms. The van der Waals surface area contributed by atoms with E-state index in [1.54, 1.807) is 37.6 Å². The molecule has 2 aliphatic heterocycles. The second-order valence-corrected chi connectivity index (χ2v) is 5.32. The maximum absolute atomic E-state index is 11.2. The van der Waals surface area contributed by atoms with Gasteiger partial charge in [-0.25, -0.2) is 9.59 Å². The normalized spacial score (nSPS) is 22.2. The van der Waals surface area contributed by atoms with Gasteiger partial charge in [0.1, 0.15) is 19.1 Å². The summed E-state index contributed by atoms with van der Waals surface area (Å²) in [6.45, 7) is 0.103. The van der Waals surface area contributed by atoms with Gasteiger partial charge in [0.05, 0.1) is 11.7 Å². The van der Waals surface area contributed by atoms with Crippen LogP contribution in [0.25, 0.3) is 0 Å². The van der Waals surface area contributed by atoms with Crippen molar-refractivity contribution in [3.63, 3.8) is 0 Å². The van der Waals surface area contributed by atoms with E-state index in [0.717, 1.165) is 12.2 Å². The molecule has 0 bridgehead atoms. The molecule has 0 aromatic heterocycles. The van der Waals surface area contributed by atoms with Crippen LogP contribution in [0.2, 0.25) is 0 Å². The van der Waals surface area contributed by atoms with Crippen molar-refractivity contribution >= 4 is 18.2 Å². The summed E-state index contributed by atoms with van der Waals surface area (Å²) in [6, 6.07) is 0. The van der Waals surface area contributed by atoms with E-state index in [9.17, 15) is 14.4 Å². The summed E-state index contributed by atoms with van der Waals surface area (Å²) in [6.07, 6.45) is 9.04. The third kappa shape index (κ3) is 7.32. The highest BCUT2D eigenvalue weighted by atomic mass is 16.6. The van der Waals surface area contributed by atoms with Crippen LogP contribution in [0.3, 0.4) is 0 Å². The number of esters is 1. The van der Waals surface area contributed by atoms with Gasteiger partial charge < -0.3 is 24.2 Å². The van der Waals surface area contributed by atoms with E-state index in [2.05, 4.69) is 4.74 Å². The molecule has 0 aromatic rings. The van der Waals surface area contributed by atoms with E-state index >= 15 is 0 Å². The Morgan fingerprint density at radius 1 is 1.40 bits per heavy atom. The summed E-state index contributed by atoms with van der Waals surface area (Å²) < 4.78 is 15.0. The lowest BCUT2D eigenvalue weighted by molar-refractivity contribution is -0.143. The van der Waals surface area contributed by atoms with Crippen LogP contribution in [0.1, 0.15) is 19.3 Å². The molecule has 2 heterocycles. The van der Waals surface area contributed by atoms with Crippen molar-refractivity contribution in [3.8, 4) is 0 Å². The number of aldehydes is 1. The molecule has 1 fully saturated rings. The van der Waals surface area contributed by atoms with Gasteiger partial charge in [-0.1, -0.05) is 6.08 Å². The van der Waals surface area contributed by atoms with Gasteiger partial charge in [0, 0.05) is 39.1 Å². The fraction of sp³-hybridized carbons (Fsp3) is 0.471. The number of carbonyl (C=O) groups is 3. The summed E-state index contributed by atoms with van der Waals surface area (Å²) in [7, 11) is 3.25. The number of aliphatic carboxylic acids is 1. The highest BCUT2D eigenvalue weighted by molar-refractivity contribution is 5.87. The third-order valence-corrected chi connectivity index (χ3v) is 3.33. The van der Waals surface area contributed by atoms with Crippen molar-refractivity contribution in [1.29, 1.82) is 0 Å². The molecule has 2 atom stereocenters. The Morgan fingerprint density at radius 2 is 2.12 bits per heavy atom. The first kappa shape index (κ1) is 20.6. The van der Waals surface area contributed by atoms with Crippen molar-refractivity contribution in [3.05, 3.63) is 36.2 Å². The van der Waals surface area contributed by atoms with Crippen molar-refractivity contribution in [2.24, 2.45) is 0 Å². The lowest BCUT2D eigenvalue weighted by Gasteiger charge is -2.26.